The number of hydrogen-bond acceptors (Lipinski definition) is 5. The van der Waals surface area contributed by atoms with E-state index in [9.17, 15) is 0 Å². The van der Waals surface area contributed by atoms with Crippen LogP contribution < -0.4 is 10.1 Å². The van der Waals surface area contributed by atoms with Gasteiger partial charge in [0.2, 0.25) is 0 Å². The quantitative estimate of drug-likeness (QED) is 0.819. The summed E-state index contributed by atoms with van der Waals surface area (Å²) in [6, 6.07) is 7.96. The summed E-state index contributed by atoms with van der Waals surface area (Å²) in [7, 11) is 3.42. The van der Waals surface area contributed by atoms with Crippen molar-refractivity contribution in [3.8, 4) is 11.8 Å². The lowest BCUT2D eigenvalue weighted by Gasteiger charge is -2.18. The zero-order valence-electron chi connectivity index (χ0n) is 11.2. The summed E-state index contributed by atoms with van der Waals surface area (Å²) in [4.78, 5) is 7.70. The molecule has 1 aromatic heterocycles. The van der Waals surface area contributed by atoms with Crippen LogP contribution in [0.15, 0.2) is 23.4 Å². The van der Waals surface area contributed by atoms with Crippen LogP contribution in [-0.4, -0.2) is 35.4 Å². The van der Waals surface area contributed by atoms with Crippen LogP contribution in [-0.2, 0) is 0 Å². The van der Waals surface area contributed by atoms with E-state index in [4.69, 9.17) is 10.00 Å². The summed E-state index contributed by atoms with van der Waals surface area (Å²) in [5, 5.41) is 12.9. The molecule has 19 heavy (non-hydrogen) atoms. The first-order chi connectivity index (χ1) is 9.10. The third kappa shape index (κ3) is 3.00. The molecule has 2 N–H and O–H groups in total. The van der Waals surface area contributed by atoms with Crippen LogP contribution in [0.2, 0.25) is 0 Å². The van der Waals surface area contributed by atoms with Gasteiger partial charge in [0.05, 0.1) is 24.2 Å². The van der Waals surface area contributed by atoms with Crippen molar-refractivity contribution in [2.45, 2.75) is 17.6 Å². The fraction of sp³-hybridized carbons (Fsp3) is 0.385. The molecule has 1 aromatic carbocycles. The van der Waals surface area contributed by atoms with Crippen molar-refractivity contribution in [2.24, 2.45) is 0 Å². The molecule has 5 nitrogen and oxygen atoms in total. The molecule has 100 valence electrons. The lowest BCUT2D eigenvalue weighted by Crippen LogP contribution is -2.40. The first-order valence-corrected chi connectivity index (χ1v) is 6.85. The number of thioether (sulfide) groups is 1. The molecule has 0 saturated carbocycles. The van der Waals surface area contributed by atoms with Gasteiger partial charge >= 0.3 is 0 Å². The number of ether oxygens (including phenoxy) is 1. The van der Waals surface area contributed by atoms with E-state index in [1.807, 2.05) is 25.1 Å². The maximum absolute atomic E-state index is 9.10. The molecule has 2 aromatic rings. The Labute approximate surface area is 116 Å². The molecule has 6 heteroatoms. The van der Waals surface area contributed by atoms with Gasteiger partial charge in [0, 0.05) is 11.8 Å². The van der Waals surface area contributed by atoms with E-state index in [2.05, 4.69) is 21.4 Å². The van der Waals surface area contributed by atoms with E-state index in [1.165, 1.54) is 11.8 Å². The maximum atomic E-state index is 9.10. The predicted molar refractivity (Wildman–Crippen MR) is 76.4 cm³/mol. The molecule has 0 fully saturated rings. The number of benzene rings is 1. The summed E-state index contributed by atoms with van der Waals surface area (Å²) >= 11 is 1.52. The fourth-order valence-electron chi connectivity index (χ4n) is 1.53. The molecule has 0 aliphatic carbocycles. The number of methoxy groups -OCH3 is 1. The lowest BCUT2D eigenvalue weighted by atomic mass is 10.1. The number of rotatable bonds is 5. The summed E-state index contributed by atoms with van der Waals surface area (Å²) in [5.74, 6) is 1.42. The van der Waals surface area contributed by atoms with Gasteiger partial charge in [-0.05, 0) is 26.1 Å². The first kappa shape index (κ1) is 13.7. The Hall–Kier alpha value is -1.71. The normalized spacial score (nSPS) is 14.0. The molecular weight excluding hydrogens is 260 g/mol. The number of aromatic nitrogens is 2. The molecule has 0 radical (unpaired) electrons. The van der Waals surface area contributed by atoms with Crippen LogP contribution in [0.3, 0.4) is 0 Å². The smallest absolute Gasteiger partial charge is 0.166 e. The summed E-state index contributed by atoms with van der Waals surface area (Å²) < 4.78 is 5.17. The second kappa shape index (κ2) is 5.51. The van der Waals surface area contributed by atoms with Gasteiger partial charge in [-0.2, -0.15) is 5.26 Å². The van der Waals surface area contributed by atoms with Gasteiger partial charge in [-0.3, -0.25) is 0 Å². The van der Waals surface area contributed by atoms with Gasteiger partial charge in [0.15, 0.2) is 5.16 Å². The Kier molecular flexibility index (Phi) is 3.98. The third-order valence-electron chi connectivity index (χ3n) is 2.96. The van der Waals surface area contributed by atoms with Crippen molar-refractivity contribution in [1.29, 1.82) is 5.26 Å². The van der Waals surface area contributed by atoms with E-state index in [-0.39, 0.29) is 0 Å². The first-order valence-electron chi connectivity index (χ1n) is 5.87. The van der Waals surface area contributed by atoms with Crippen LogP contribution >= 0.6 is 11.8 Å². The Balaban J connectivity index is 2.16. The van der Waals surface area contributed by atoms with Gasteiger partial charge in [0.25, 0.3) is 0 Å². The lowest BCUT2D eigenvalue weighted by molar-refractivity contribution is 0.415. The summed E-state index contributed by atoms with van der Waals surface area (Å²) in [6.07, 6.45) is 0. The third-order valence-corrected chi connectivity index (χ3v) is 4.15. The number of nitrogens with one attached hydrogen (secondary N) is 2. The number of nitriles is 1. The van der Waals surface area contributed by atoms with Gasteiger partial charge in [0.1, 0.15) is 11.3 Å². The average molecular weight is 276 g/mol. The molecule has 0 aliphatic rings. The molecule has 1 unspecified atom stereocenters. The highest BCUT2D eigenvalue weighted by molar-refractivity contribution is 7.99. The number of nitrogens with zero attached hydrogens (tertiary/aromatic N) is 2. The predicted octanol–water partition coefficient (Wildman–Crippen LogP) is 2.17. The van der Waals surface area contributed by atoms with Crippen molar-refractivity contribution in [3.63, 3.8) is 0 Å². The van der Waals surface area contributed by atoms with Crippen LogP contribution in [0, 0.1) is 11.3 Å². The standard InChI is InChI=1S/C13H16N4OS/c1-13(7-14,15-2)8-19-12-16-10-5-4-9(18-3)6-11(10)17-12/h4-6,15H,8H2,1-3H3,(H,16,17). The van der Waals surface area contributed by atoms with E-state index in [0.717, 1.165) is 21.9 Å². The van der Waals surface area contributed by atoms with E-state index in [1.54, 1.807) is 14.2 Å². The van der Waals surface area contributed by atoms with Crippen LogP contribution in [0.4, 0.5) is 0 Å². The number of aromatic amines is 1. The molecule has 0 saturated heterocycles. The highest BCUT2D eigenvalue weighted by atomic mass is 32.2. The molecule has 0 bridgehead atoms. The fourth-order valence-corrected chi connectivity index (χ4v) is 2.51. The van der Waals surface area contributed by atoms with E-state index >= 15 is 0 Å². The number of fused-ring (bicyclic) bond motifs is 1. The largest absolute Gasteiger partial charge is 0.497 e. The van der Waals surface area contributed by atoms with E-state index in [0.29, 0.717) is 5.75 Å². The van der Waals surface area contributed by atoms with Crippen LogP contribution in [0.5, 0.6) is 5.75 Å². The molecule has 0 spiro atoms. The summed E-state index contributed by atoms with van der Waals surface area (Å²) in [5.41, 5.74) is 1.28. The van der Waals surface area contributed by atoms with Gasteiger partial charge in [-0.15, -0.1) is 0 Å². The highest BCUT2D eigenvalue weighted by Gasteiger charge is 2.22. The minimum atomic E-state index is -0.554. The molecule has 0 aliphatic heterocycles. The van der Waals surface area contributed by atoms with Gasteiger partial charge < -0.3 is 15.0 Å². The average Bonchev–Trinajstić information content (AvgIpc) is 2.86. The summed E-state index contributed by atoms with van der Waals surface area (Å²) in [6.45, 7) is 1.87. The van der Waals surface area contributed by atoms with Crippen molar-refractivity contribution in [2.75, 3.05) is 19.9 Å². The molecule has 2 rings (SSSR count). The molecule has 1 heterocycles. The zero-order valence-corrected chi connectivity index (χ0v) is 12.0. The van der Waals surface area contributed by atoms with Crippen molar-refractivity contribution >= 4 is 22.8 Å². The maximum Gasteiger partial charge on any atom is 0.166 e. The van der Waals surface area contributed by atoms with Crippen molar-refractivity contribution in [1.82, 2.24) is 15.3 Å². The molecular formula is C13H16N4OS. The monoisotopic (exact) mass is 276 g/mol. The van der Waals surface area contributed by atoms with Crippen LogP contribution in [0.25, 0.3) is 11.0 Å². The van der Waals surface area contributed by atoms with Crippen molar-refractivity contribution in [3.05, 3.63) is 18.2 Å². The Bertz CT molecular complexity index is 619. The molecule has 0 amide bonds. The number of imidazole rings is 1. The van der Waals surface area contributed by atoms with Crippen LogP contribution in [0.1, 0.15) is 6.92 Å². The topological polar surface area (TPSA) is 73.7 Å². The molecule has 1 atom stereocenters. The Morgan fingerprint density at radius 2 is 2.37 bits per heavy atom. The second-order valence-electron chi connectivity index (χ2n) is 4.41. The van der Waals surface area contributed by atoms with Crippen molar-refractivity contribution < 1.29 is 4.74 Å². The van der Waals surface area contributed by atoms with Gasteiger partial charge in [-0.1, -0.05) is 11.8 Å². The zero-order chi connectivity index (χ0) is 13.9. The highest BCUT2D eigenvalue weighted by Crippen LogP contribution is 2.25. The second-order valence-corrected chi connectivity index (χ2v) is 5.37. The minimum absolute atomic E-state index is 0.554. The number of hydrogen-bond donors (Lipinski definition) is 2. The SMILES string of the molecule is CNC(C)(C#N)CSc1nc2ccc(OC)cc2[nH]1. The van der Waals surface area contributed by atoms with Gasteiger partial charge in [-0.25, -0.2) is 4.98 Å². The Morgan fingerprint density at radius 3 is 3.00 bits per heavy atom. The number of H-pyrrole nitrogens is 1. The van der Waals surface area contributed by atoms with E-state index < -0.39 is 5.54 Å². The minimum Gasteiger partial charge on any atom is -0.497 e. The Morgan fingerprint density at radius 1 is 1.58 bits per heavy atom.